The van der Waals surface area contributed by atoms with E-state index in [1.54, 1.807) is 32.0 Å². The van der Waals surface area contributed by atoms with Crippen LogP contribution < -0.4 is 5.32 Å². The van der Waals surface area contributed by atoms with Gasteiger partial charge in [0.25, 0.3) is 5.91 Å². The van der Waals surface area contributed by atoms with Crippen LogP contribution in [0.4, 0.5) is 5.69 Å². The van der Waals surface area contributed by atoms with Gasteiger partial charge in [0, 0.05) is 11.9 Å². The largest absolute Gasteiger partial charge is 0.478 e. The van der Waals surface area contributed by atoms with Gasteiger partial charge in [-0.1, -0.05) is 23.7 Å². The van der Waals surface area contributed by atoms with Gasteiger partial charge in [0.05, 0.1) is 21.8 Å². The number of nitrogens with zero attached hydrogens (tertiary/aromatic N) is 1. The number of hydrogen-bond donors (Lipinski definition) is 2. The molecule has 0 spiro atoms. The normalized spacial score (nSPS) is 10.2. The first-order valence-electron chi connectivity index (χ1n) is 6.16. The number of nitrogens with one attached hydrogen (secondary N) is 1. The maximum absolute atomic E-state index is 12.2. The summed E-state index contributed by atoms with van der Waals surface area (Å²) in [7, 11) is 0. The summed E-state index contributed by atoms with van der Waals surface area (Å²) < 4.78 is 0. The second-order valence-electron chi connectivity index (χ2n) is 4.56. The quantitative estimate of drug-likeness (QED) is 0.912. The van der Waals surface area contributed by atoms with E-state index in [9.17, 15) is 14.7 Å². The van der Waals surface area contributed by atoms with Crippen LogP contribution in [0.15, 0.2) is 30.5 Å². The van der Waals surface area contributed by atoms with Gasteiger partial charge in [-0.3, -0.25) is 9.78 Å². The molecule has 2 rings (SSSR count). The van der Waals surface area contributed by atoms with E-state index in [-0.39, 0.29) is 21.8 Å². The van der Waals surface area contributed by atoms with E-state index in [4.69, 9.17) is 11.6 Å². The predicted molar refractivity (Wildman–Crippen MR) is 80.1 cm³/mol. The third-order valence-corrected chi connectivity index (χ3v) is 3.28. The number of carboxylic acids is 1. The lowest BCUT2D eigenvalue weighted by Gasteiger charge is -2.11. The van der Waals surface area contributed by atoms with E-state index in [1.807, 2.05) is 0 Å². The first kappa shape index (κ1) is 15.0. The Labute approximate surface area is 126 Å². The third kappa shape index (κ3) is 3.20. The fourth-order valence-corrected chi connectivity index (χ4v) is 2.23. The van der Waals surface area contributed by atoms with Gasteiger partial charge in [0.15, 0.2) is 0 Å². The minimum Gasteiger partial charge on any atom is -0.478 e. The van der Waals surface area contributed by atoms with Crippen LogP contribution in [0.3, 0.4) is 0 Å². The monoisotopic (exact) mass is 304 g/mol. The van der Waals surface area contributed by atoms with Gasteiger partial charge >= 0.3 is 5.97 Å². The molecule has 2 N–H and O–H groups in total. The van der Waals surface area contributed by atoms with E-state index in [0.29, 0.717) is 11.3 Å². The van der Waals surface area contributed by atoms with Gasteiger partial charge in [-0.2, -0.15) is 0 Å². The molecule has 1 aromatic carbocycles. The zero-order valence-electron chi connectivity index (χ0n) is 11.5. The molecule has 2 aromatic rings. The average molecular weight is 305 g/mol. The number of aromatic carboxylic acids is 1. The van der Waals surface area contributed by atoms with E-state index in [2.05, 4.69) is 10.3 Å². The van der Waals surface area contributed by atoms with Crippen molar-refractivity contribution < 1.29 is 14.7 Å². The SMILES string of the molecule is Cc1cc(Cl)c(C(=O)Nc2cccc(C)c2C(=O)O)cn1. The maximum Gasteiger partial charge on any atom is 0.338 e. The minimum atomic E-state index is -1.10. The van der Waals surface area contributed by atoms with Gasteiger partial charge in [-0.05, 0) is 31.5 Å². The number of pyridine rings is 1. The molecule has 0 unspecified atom stereocenters. The Kier molecular flexibility index (Phi) is 4.23. The Hall–Kier alpha value is -2.40. The number of carbonyl (C=O) groups excluding carboxylic acids is 1. The first-order valence-corrected chi connectivity index (χ1v) is 6.54. The standard InChI is InChI=1S/C15H13ClN2O3/c1-8-4-3-5-12(13(8)15(20)21)18-14(19)10-7-17-9(2)6-11(10)16/h3-7H,1-2H3,(H,18,19)(H,20,21). The predicted octanol–water partition coefficient (Wildman–Crippen LogP) is 3.30. The fourth-order valence-electron chi connectivity index (χ4n) is 1.94. The van der Waals surface area contributed by atoms with Crippen molar-refractivity contribution in [1.29, 1.82) is 0 Å². The molecular formula is C15H13ClN2O3. The summed E-state index contributed by atoms with van der Waals surface area (Å²) in [6.45, 7) is 3.43. The molecule has 5 nitrogen and oxygen atoms in total. The number of hydrogen-bond acceptors (Lipinski definition) is 3. The number of carboxylic acid groups (broad SMARTS) is 1. The smallest absolute Gasteiger partial charge is 0.338 e. The molecule has 0 aliphatic carbocycles. The Balaban J connectivity index is 2.36. The average Bonchev–Trinajstić information content (AvgIpc) is 2.37. The molecule has 0 saturated carbocycles. The van der Waals surface area contributed by atoms with Gasteiger partial charge in [0.2, 0.25) is 0 Å². The number of aryl methyl sites for hydroxylation is 2. The lowest BCUT2D eigenvalue weighted by molar-refractivity contribution is 0.0697. The lowest BCUT2D eigenvalue weighted by atomic mass is 10.1. The highest BCUT2D eigenvalue weighted by Crippen LogP contribution is 2.22. The molecule has 0 atom stereocenters. The van der Waals surface area contributed by atoms with Crippen molar-refractivity contribution in [3.8, 4) is 0 Å². The number of aromatic nitrogens is 1. The fraction of sp³-hybridized carbons (Fsp3) is 0.133. The zero-order valence-corrected chi connectivity index (χ0v) is 12.2. The van der Waals surface area contributed by atoms with Gasteiger partial charge in [-0.25, -0.2) is 4.79 Å². The lowest BCUT2D eigenvalue weighted by Crippen LogP contribution is -2.16. The van der Waals surface area contributed by atoms with Crippen molar-refractivity contribution >= 4 is 29.2 Å². The number of amides is 1. The van der Waals surface area contributed by atoms with Gasteiger partial charge < -0.3 is 10.4 Å². The number of rotatable bonds is 3. The van der Waals surface area contributed by atoms with Crippen LogP contribution in [0, 0.1) is 13.8 Å². The van der Waals surface area contributed by atoms with Crippen LogP contribution in [-0.2, 0) is 0 Å². The molecule has 1 amide bonds. The molecule has 108 valence electrons. The van der Waals surface area contributed by atoms with Crippen LogP contribution in [0.5, 0.6) is 0 Å². The molecule has 6 heteroatoms. The van der Waals surface area contributed by atoms with Gasteiger partial charge in [0.1, 0.15) is 0 Å². The molecule has 0 saturated heterocycles. The second-order valence-corrected chi connectivity index (χ2v) is 4.97. The Bertz CT molecular complexity index is 729. The number of halogens is 1. The van der Waals surface area contributed by atoms with Crippen molar-refractivity contribution in [2.45, 2.75) is 13.8 Å². The third-order valence-electron chi connectivity index (χ3n) is 2.97. The summed E-state index contributed by atoms with van der Waals surface area (Å²) in [6.07, 6.45) is 1.36. The Morgan fingerprint density at radius 2 is 2.00 bits per heavy atom. The first-order chi connectivity index (χ1) is 9.90. The molecule has 0 radical (unpaired) electrons. The molecule has 21 heavy (non-hydrogen) atoms. The van der Waals surface area contributed by atoms with Crippen molar-refractivity contribution in [2.75, 3.05) is 5.32 Å². The summed E-state index contributed by atoms with van der Waals surface area (Å²) in [6, 6.07) is 6.45. The highest BCUT2D eigenvalue weighted by atomic mass is 35.5. The molecule has 0 fully saturated rings. The van der Waals surface area contributed by atoms with E-state index in [1.165, 1.54) is 12.3 Å². The minimum absolute atomic E-state index is 0.0574. The van der Waals surface area contributed by atoms with Crippen LogP contribution in [0.25, 0.3) is 0 Å². The second kappa shape index (κ2) is 5.93. The van der Waals surface area contributed by atoms with E-state index >= 15 is 0 Å². The summed E-state index contributed by atoms with van der Waals surface area (Å²) in [5.74, 6) is -1.60. The van der Waals surface area contributed by atoms with Crippen molar-refractivity contribution in [3.63, 3.8) is 0 Å². The summed E-state index contributed by atoms with van der Waals surface area (Å²) >= 11 is 6.01. The number of benzene rings is 1. The molecular weight excluding hydrogens is 292 g/mol. The number of carbonyl (C=O) groups is 2. The maximum atomic E-state index is 12.2. The molecule has 0 bridgehead atoms. The topological polar surface area (TPSA) is 79.3 Å². The summed E-state index contributed by atoms with van der Waals surface area (Å²) in [4.78, 5) is 27.5. The Morgan fingerprint density at radius 3 is 2.62 bits per heavy atom. The highest BCUT2D eigenvalue weighted by Gasteiger charge is 2.17. The molecule has 0 aliphatic rings. The van der Waals surface area contributed by atoms with Gasteiger partial charge in [-0.15, -0.1) is 0 Å². The number of anilines is 1. The van der Waals surface area contributed by atoms with Crippen molar-refractivity contribution in [3.05, 3.63) is 57.9 Å². The van der Waals surface area contributed by atoms with Crippen LogP contribution in [0.1, 0.15) is 32.0 Å². The molecule has 0 aliphatic heterocycles. The highest BCUT2D eigenvalue weighted by molar-refractivity contribution is 6.34. The molecule has 1 aromatic heterocycles. The van der Waals surface area contributed by atoms with Crippen LogP contribution in [-0.4, -0.2) is 22.0 Å². The Morgan fingerprint density at radius 1 is 1.29 bits per heavy atom. The summed E-state index contributed by atoms with van der Waals surface area (Å²) in [5.41, 5.74) is 1.73. The zero-order chi connectivity index (χ0) is 15.6. The molecule has 1 heterocycles. The van der Waals surface area contributed by atoms with E-state index in [0.717, 1.165) is 0 Å². The summed E-state index contributed by atoms with van der Waals surface area (Å²) in [5, 5.41) is 12.1. The van der Waals surface area contributed by atoms with Crippen LogP contribution in [0.2, 0.25) is 5.02 Å². The van der Waals surface area contributed by atoms with Crippen LogP contribution >= 0.6 is 11.6 Å². The van der Waals surface area contributed by atoms with Crippen molar-refractivity contribution in [1.82, 2.24) is 4.98 Å². The van der Waals surface area contributed by atoms with E-state index < -0.39 is 11.9 Å². The van der Waals surface area contributed by atoms with Crippen molar-refractivity contribution in [2.24, 2.45) is 0 Å².